The van der Waals surface area contributed by atoms with E-state index in [-0.39, 0.29) is 22.9 Å². The quantitative estimate of drug-likeness (QED) is 0.567. The SMILES string of the molecule is CC(C)c1nccn1Cc1cccc(NC(=O)c2sccc2S(=O)(=O)N2CCOCC2)c1. The topological polar surface area (TPSA) is 93.5 Å². The Morgan fingerprint density at radius 1 is 1.25 bits per heavy atom. The van der Waals surface area contributed by atoms with Gasteiger partial charge < -0.3 is 14.6 Å². The molecule has 1 aliphatic heterocycles. The lowest BCUT2D eigenvalue weighted by Gasteiger charge is -2.26. The molecule has 0 saturated carbocycles. The predicted octanol–water partition coefficient (Wildman–Crippen LogP) is 3.39. The Hall–Kier alpha value is -2.53. The second kappa shape index (κ2) is 9.53. The first-order valence-electron chi connectivity index (χ1n) is 10.4. The number of amides is 1. The van der Waals surface area contributed by atoms with Crippen LogP contribution < -0.4 is 5.32 Å². The Bertz CT molecular complexity index is 1190. The van der Waals surface area contributed by atoms with Crippen molar-refractivity contribution in [3.63, 3.8) is 0 Å². The predicted molar refractivity (Wildman–Crippen MR) is 124 cm³/mol. The smallest absolute Gasteiger partial charge is 0.267 e. The van der Waals surface area contributed by atoms with Crippen LogP contribution in [-0.2, 0) is 21.3 Å². The number of hydrogen-bond acceptors (Lipinski definition) is 6. The third-order valence-electron chi connectivity index (χ3n) is 5.23. The van der Waals surface area contributed by atoms with Crippen LogP contribution in [0, 0.1) is 0 Å². The fraction of sp³-hybridized carbons (Fsp3) is 0.364. The van der Waals surface area contributed by atoms with Gasteiger partial charge in [0.1, 0.15) is 15.6 Å². The van der Waals surface area contributed by atoms with E-state index in [0.29, 0.717) is 31.4 Å². The summed E-state index contributed by atoms with van der Waals surface area (Å²) in [5.41, 5.74) is 1.62. The van der Waals surface area contributed by atoms with E-state index in [1.807, 2.05) is 24.4 Å². The van der Waals surface area contributed by atoms with Gasteiger partial charge in [-0.1, -0.05) is 26.0 Å². The average molecular weight is 475 g/mol. The molecule has 3 aromatic rings. The molecule has 0 unspecified atom stereocenters. The largest absolute Gasteiger partial charge is 0.379 e. The second-order valence-electron chi connectivity index (χ2n) is 7.85. The molecule has 1 N–H and O–H groups in total. The molecule has 0 aliphatic carbocycles. The number of thiophene rings is 1. The highest BCUT2D eigenvalue weighted by molar-refractivity contribution is 7.89. The van der Waals surface area contributed by atoms with Gasteiger partial charge in [-0.2, -0.15) is 4.31 Å². The fourth-order valence-corrected chi connectivity index (χ4v) is 6.38. The van der Waals surface area contributed by atoms with Crippen LogP contribution >= 0.6 is 11.3 Å². The lowest BCUT2D eigenvalue weighted by molar-refractivity contribution is 0.0730. The molecule has 170 valence electrons. The number of hydrogen-bond donors (Lipinski definition) is 1. The zero-order valence-corrected chi connectivity index (χ0v) is 19.7. The molecule has 0 bridgehead atoms. The number of nitrogens with zero attached hydrogens (tertiary/aromatic N) is 3. The van der Waals surface area contributed by atoms with Gasteiger partial charge in [0.15, 0.2) is 0 Å². The van der Waals surface area contributed by atoms with Crippen molar-refractivity contribution in [2.45, 2.75) is 31.2 Å². The molecule has 4 rings (SSSR count). The third-order valence-corrected chi connectivity index (χ3v) is 8.21. The van der Waals surface area contributed by atoms with E-state index in [1.54, 1.807) is 17.6 Å². The van der Waals surface area contributed by atoms with E-state index >= 15 is 0 Å². The molecule has 8 nitrogen and oxygen atoms in total. The van der Waals surface area contributed by atoms with Crippen LogP contribution in [-0.4, -0.2) is 54.5 Å². The summed E-state index contributed by atoms with van der Waals surface area (Å²) in [6.45, 7) is 6.10. The number of anilines is 1. The van der Waals surface area contributed by atoms with E-state index < -0.39 is 15.9 Å². The number of nitrogens with one attached hydrogen (secondary N) is 1. The first-order chi connectivity index (χ1) is 15.4. The van der Waals surface area contributed by atoms with E-state index in [1.165, 1.54) is 10.4 Å². The molecule has 1 saturated heterocycles. The van der Waals surface area contributed by atoms with Crippen molar-refractivity contribution in [1.29, 1.82) is 0 Å². The van der Waals surface area contributed by atoms with E-state index in [2.05, 4.69) is 28.7 Å². The van der Waals surface area contributed by atoms with Gasteiger partial charge >= 0.3 is 0 Å². The summed E-state index contributed by atoms with van der Waals surface area (Å²) < 4.78 is 34.8. The Morgan fingerprint density at radius 3 is 2.78 bits per heavy atom. The summed E-state index contributed by atoms with van der Waals surface area (Å²) >= 11 is 1.12. The van der Waals surface area contributed by atoms with Crippen molar-refractivity contribution >= 4 is 33.0 Å². The number of aromatic nitrogens is 2. The number of imidazole rings is 1. The average Bonchev–Trinajstić information content (AvgIpc) is 3.45. The standard InChI is InChI=1S/C22H26N4O4S2/c1-16(2)21-23-7-8-25(21)15-17-4-3-5-18(14-17)24-22(27)20-19(6-13-31-20)32(28,29)26-9-11-30-12-10-26/h3-8,13-14,16H,9-12,15H2,1-2H3,(H,24,27). The normalized spacial score (nSPS) is 15.2. The van der Waals surface area contributed by atoms with E-state index in [9.17, 15) is 13.2 Å². The van der Waals surface area contributed by atoms with Crippen molar-refractivity contribution in [3.8, 4) is 0 Å². The number of carbonyl (C=O) groups is 1. The van der Waals surface area contributed by atoms with E-state index in [4.69, 9.17) is 4.74 Å². The minimum absolute atomic E-state index is 0.0399. The summed E-state index contributed by atoms with van der Waals surface area (Å²) in [5, 5.41) is 4.49. The molecular weight excluding hydrogens is 448 g/mol. The molecule has 10 heteroatoms. The molecule has 1 aliphatic rings. The van der Waals surface area contributed by atoms with Gasteiger partial charge in [0.05, 0.1) is 13.2 Å². The fourth-order valence-electron chi connectivity index (χ4n) is 3.68. The van der Waals surface area contributed by atoms with Crippen LogP contribution in [0.5, 0.6) is 0 Å². The molecule has 2 aromatic heterocycles. The number of benzene rings is 1. The monoisotopic (exact) mass is 474 g/mol. The van der Waals surface area contributed by atoms with Crippen LogP contribution in [0.2, 0.25) is 0 Å². The van der Waals surface area contributed by atoms with Gasteiger partial charge in [-0.3, -0.25) is 4.79 Å². The third kappa shape index (κ3) is 4.78. The highest BCUT2D eigenvalue weighted by Crippen LogP contribution is 2.27. The minimum Gasteiger partial charge on any atom is -0.379 e. The van der Waals surface area contributed by atoms with Crippen LogP contribution in [0.15, 0.2) is 53.0 Å². The van der Waals surface area contributed by atoms with Crippen molar-refractivity contribution < 1.29 is 17.9 Å². The maximum atomic E-state index is 13.0. The van der Waals surface area contributed by atoms with Gasteiger partial charge in [0.2, 0.25) is 10.0 Å². The molecule has 3 heterocycles. The van der Waals surface area contributed by atoms with Gasteiger partial charge in [-0.15, -0.1) is 11.3 Å². The summed E-state index contributed by atoms with van der Waals surface area (Å²) in [6.07, 6.45) is 3.73. The van der Waals surface area contributed by atoms with Crippen LogP contribution in [0.4, 0.5) is 5.69 Å². The molecule has 1 amide bonds. The Kier molecular flexibility index (Phi) is 6.75. The highest BCUT2D eigenvalue weighted by atomic mass is 32.2. The van der Waals surface area contributed by atoms with Crippen LogP contribution in [0.25, 0.3) is 0 Å². The Morgan fingerprint density at radius 2 is 2.03 bits per heavy atom. The molecule has 0 spiro atoms. The lowest BCUT2D eigenvalue weighted by atomic mass is 10.1. The van der Waals surface area contributed by atoms with Crippen molar-refractivity contribution in [3.05, 3.63) is 64.4 Å². The lowest BCUT2D eigenvalue weighted by Crippen LogP contribution is -2.41. The molecule has 0 radical (unpaired) electrons. The van der Waals surface area contributed by atoms with Gasteiger partial charge in [0, 0.05) is 43.6 Å². The molecular formula is C22H26N4O4S2. The Labute approximate surface area is 191 Å². The number of carbonyl (C=O) groups excluding carboxylic acids is 1. The minimum atomic E-state index is -3.75. The highest BCUT2D eigenvalue weighted by Gasteiger charge is 2.31. The Balaban J connectivity index is 1.51. The van der Waals surface area contributed by atoms with E-state index in [0.717, 1.165) is 22.7 Å². The number of ether oxygens (including phenoxy) is 1. The zero-order valence-electron chi connectivity index (χ0n) is 18.0. The summed E-state index contributed by atoms with van der Waals surface area (Å²) in [6, 6.07) is 9.04. The maximum Gasteiger partial charge on any atom is 0.267 e. The van der Waals surface area contributed by atoms with Crippen molar-refractivity contribution in [2.75, 3.05) is 31.6 Å². The van der Waals surface area contributed by atoms with Gasteiger partial charge in [0.25, 0.3) is 5.91 Å². The summed E-state index contributed by atoms with van der Waals surface area (Å²) in [7, 11) is -3.75. The maximum absolute atomic E-state index is 13.0. The summed E-state index contributed by atoms with van der Waals surface area (Å²) in [5.74, 6) is 0.865. The number of rotatable bonds is 7. The van der Waals surface area contributed by atoms with Crippen molar-refractivity contribution in [2.24, 2.45) is 0 Å². The molecule has 32 heavy (non-hydrogen) atoms. The van der Waals surface area contributed by atoms with Crippen LogP contribution in [0.1, 0.15) is 40.8 Å². The number of sulfonamides is 1. The first kappa shape index (κ1) is 22.7. The molecule has 0 atom stereocenters. The molecule has 1 fully saturated rings. The van der Waals surface area contributed by atoms with Crippen molar-refractivity contribution in [1.82, 2.24) is 13.9 Å². The van der Waals surface area contributed by atoms with Crippen LogP contribution in [0.3, 0.4) is 0 Å². The second-order valence-corrected chi connectivity index (χ2v) is 10.7. The van der Waals surface area contributed by atoms with Gasteiger partial charge in [-0.05, 0) is 29.1 Å². The zero-order chi connectivity index (χ0) is 22.7. The van der Waals surface area contributed by atoms with Gasteiger partial charge in [-0.25, -0.2) is 13.4 Å². The first-order valence-corrected chi connectivity index (χ1v) is 12.7. The summed E-state index contributed by atoms with van der Waals surface area (Å²) in [4.78, 5) is 17.6. The molecule has 1 aromatic carbocycles. The number of morpholine rings is 1.